The van der Waals surface area contributed by atoms with Crippen LogP contribution in [0.4, 0.5) is 0 Å². The standard InChI is InChI=1S/C15H16O/c1-2-7-13-10-6-11-14(15(13)16)12-8-4-3-5-9-12/h3-11,15-16H,2H2,1H3. The van der Waals surface area contributed by atoms with Crippen LogP contribution in [0.15, 0.2) is 60.2 Å². The maximum Gasteiger partial charge on any atom is 0.104 e. The Morgan fingerprint density at radius 1 is 1.25 bits per heavy atom. The molecule has 1 nitrogen and oxygen atoms in total. The summed E-state index contributed by atoms with van der Waals surface area (Å²) in [6.45, 7) is 2.08. The molecule has 0 aromatic heterocycles. The van der Waals surface area contributed by atoms with Gasteiger partial charge in [0.15, 0.2) is 0 Å². The fraction of sp³-hybridized carbons (Fsp3) is 0.200. The molecule has 1 heteroatoms. The monoisotopic (exact) mass is 212 g/mol. The molecule has 82 valence electrons. The third-order valence-electron chi connectivity index (χ3n) is 2.72. The van der Waals surface area contributed by atoms with Gasteiger partial charge in [-0.25, -0.2) is 0 Å². The first kappa shape index (κ1) is 10.9. The molecule has 16 heavy (non-hydrogen) atoms. The first-order valence-corrected chi connectivity index (χ1v) is 5.64. The Bertz CT molecular complexity index is 438. The second-order valence-electron chi connectivity index (χ2n) is 3.86. The Hall–Kier alpha value is -1.60. The highest BCUT2D eigenvalue weighted by Gasteiger charge is 2.17. The largest absolute Gasteiger partial charge is 0.384 e. The first-order valence-electron chi connectivity index (χ1n) is 5.64. The van der Waals surface area contributed by atoms with E-state index in [0.29, 0.717) is 0 Å². The van der Waals surface area contributed by atoms with Gasteiger partial charge in [0.05, 0.1) is 0 Å². The van der Waals surface area contributed by atoms with Crippen molar-refractivity contribution in [2.75, 3.05) is 0 Å². The molecule has 1 atom stereocenters. The quantitative estimate of drug-likeness (QED) is 0.797. The van der Waals surface area contributed by atoms with Gasteiger partial charge >= 0.3 is 0 Å². The number of aliphatic hydroxyl groups is 1. The third-order valence-corrected chi connectivity index (χ3v) is 2.72. The molecule has 1 unspecified atom stereocenters. The summed E-state index contributed by atoms with van der Waals surface area (Å²) in [5.74, 6) is 0. The molecular weight excluding hydrogens is 196 g/mol. The maximum atomic E-state index is 10.2. The number of benzene rings is 1. The average molecular weight is 212 g/mol. The Balaban J connectivity index is 2.34. The van der Waals surface area contributed by atoms with Crippen LogP contribution in [-0.2, 0) is 0 Å². The Kier molecular flexibility index (Phi) is 3.37. The van der Waals surface area contributed by atoms with E-state index in [-0.39, 0.29) is 0 Å². The lowest BCUT2D eigenvalue weighted by atomic mass is 9.91. The number of hydrogen-bond acceptors (Lipinski definition) is 1. The minimum Gasteiger partial charge on any atom is -0.384 e. The van der Waals surface area contributed by atoms with Crippen molar-refractivity contribution in [3.63, 3.8) is 0 Å². The van der Waals surface area contributed by atoms with Gasteiger partial charge in [-0.2, -0.15) is 0 Å². The van der Waals surface area contributed by atoms with Gasteiger partial charge in [-0.1, -0.05) is 61.6 Å². The second kappa shape index (κ2) is 4.95. The molecule has 0 heterocycles. The van der Waals surface area contributed by atoms with Crippen LogP contribution in [-0.4, -0.2) is 11.2 Å². The van der Waals surface area contributed by atoms with E-state index in [0.717, 1.165) is 23.1 Å². The van der Waals surface area contributed by atoms with Gasteiger partial charge in [0.25, 0.3) is 0 Å². The Morgan fingerprint density at radius 3 is 2.69 bits per heavy atom. The molecule has 0 bridgehead atoms. The molecule has 0 radical (unpaired) electrons. The number of hydrogen-bond donors (Lipinski definition) is 1. The molecule has 0 fully saturated rings. The van der Waals surface area contributed by atoms with Crippen LogP contribution in [0.1, 0.15) is 18.9 Å². The summed E-state index contributed by atoms with van der Waals surface area (Å²) in [6.07, 6.45) is 8.47. The average Bonchev–Trinajstić information content (AvgIpc) is 2.33. The van der Waals surface area contributed by atoms with E-state index in [4.69, 9.17) is 0 Å². The lowest BCUT2D eigenvalue weighted by Crippen LogP contribution is -2.13. The highest BCUT2D eigenvalue weighted by Crippen LogP contribution is 2.27. The van der Waals surface area contributed by atoms with Gasteiger partial charge in [0, 0.05) is 0 Å². The molecule has 2 rings (SSSR count). The van der Waals surface area contributed by atoms with Gasteiger partial charge in [0.2, 0.25) is 0 Å². The van der Waals surface area contributed by atoms with E-state index in [1.165, 1.54) is 0 Å². The SMILES string of the molecule is CCC=C1C=CC=C(c2ccccc2)C1O. The minimum atomic E-state index is -0.493. The molecule has 1 aromatic rings. The predicted molar refractivity (Wildman–Crippen MR) is 67.9 cm³/mol. The molecule has 1 aliphatic carbocycles. The summed E-state index contributed by atoms with van der Waals surface area (Å²) in [5.41, 5.74) is 3.05. The molecule has 0 saturated carbocycles. The van der Waals surface area contributed by atoms with Gasteiger partial charge < -0.3 is 5.11 Å². The Morgan fingerprint density at radius 2 is 2.00 bits per heavy atom. The van der Waals surface area contributed by atoms with E-state index in [9.17, 15) is 5.11 Å². The zero-order valence-electron chi connectivity index (χ0n) is 9.43. The molecule has 1 aromatic carbocycles. The maximum absolute atomic E-state index is 10.2. The van der Waals surface area contributed by atoms with Gasteiger partial charge in [0.1, 0.15) is 6.10 Å². The smallest absolute Gasteiger partial charge is 0.104 e. The topological polar surface area (TPSA) is 20.2 Å². The fourth-order valence-electron chi connectivity index (χ4n) is 1.92. The van der Waals surface area contributed by atoms with Gasteiger partial charge in [-0.15, -0.1) is 0 Å². The zero-order valence-corrected chi connectivity index (χ0v) is 9.43. The summed E-state index contributed by atoms with van der Waals surface area (Å²) in [6, 6.07) is 10.0. The number of aliphatic hydroxyl groups excluding tert-OH is 1. The second-order valence-corrected chi connectivity index (χ2v) is 3.86. The van der Waals surface area contributed by atoms with E-state index in [1.54, 1.807) is 0 Å². The lowest BCUT2D eigenvalue weighted by Gasteiger charge is -2.19. The third kappa shape index (κ3) is 2.15. The molecule has 0 saturated heterocycles. The summed E-state index contributed by atoms with van der Waals surface area (Å²) in [7, 11) is 0. The van der Waals surface area contributed by atoms with Crippen molar-refractivity contribution >= 4 is 5.57 Å². The first-order chi connectivity index (χ1) is 7.83. The fourth-order valence-corrected chi connectivity index (χ4v) is 1.92. The van der Waals surface area contributed by atoms with E-state index < -0.39 is 6.10 Å². The molecule has 0 aliphatic heterocycles. The summed E-state index contributed by atoms with van der Waals surface area (Å²) >= 11 is 0. The number of allylic oxidation sites excluding steroid dienone is 3. The van der Waals surface area contributed by atoms with Crippen LogP contribution < -0.4 is 0 Å². The van der Waals surface area contributed by atoms with Gasteiger partial charge in [-0.3, -0.25) is 0 Å². The van der Waals surface area contributed by atoms with Crippen molar-refractivity contribution in [2.45, 2.75) is 19.4 Å². The highest BCUT2D eigenvalue weighted by atomic mass is 16.3. The molecule has 1 aliphatic rings. The highest BCUT2D eigenvalue weighted by molar-refractivity contribution is 5.75. The van der Waals surface area contributed by atoms with E-state index >= 15 is 0 Å². The summed E-state index contributed by atoms with van der Waals surface area (Å²) < 4.78 is 0. The van der Waals surface area contributed by atoms with Crippen molar-refractivity contribution in [1.82, 2.24) is 0 Å². The van der Waals surface area contributed by atoms with E-state index in [2.05, 4.69) is 13.0 Å². The molecular formula is C15H16O. The Labute approximate surface area is 96.4 Å². The van der Waals surface area contributed by atoms with Crippen LogP contribution in [0.25, 0.3) is 5.57 Å². The van der Waals surface area contributed by atoms with Crippen molar-refractivity contribution < 1.29 is 5.11 Å². The predicted octanol–water partition coefficient (Wildman–Crippen LogP) is 3.34. The van der Waals surface area contributed by atoms with Crippen molar-refractivity contribution in [2.24, 2.45) is 0 Å². The van der Waals surface area contributed by atoms with Crippen LogP contribution in [0, 0.1) is 0 Å². The van der Waals surface area contributed by atoms with Crippen LogP contribution in [0.3, 0.4) is 0 Å². The molecule has 0 amide bonds. The van der Waals surface area contributed by atoms with Crippen molar-refractivity contribution in [3.05, 3.63) is 65.8 Å². The van der Waals surface area contributed by atoms with Crippen LogP contribution >= 0.6 is 0 Å². The van der Waals surface area contributed by atoms with Crippen molar-refractivity contribution in [3.8, 4) is 0 Å². The van der Waals surface area contributed by atoms with Crippen molar-refractivity contribution in [1.29, 1.82) is 0 Å². The summed E-state index contributed by atoms with van der Waals surface area (Å²) in [5, 5.41) is 10.2. The minimum absolute atomic E-state index is 0.493. The lowest BCUT2D eigenvalue weighted by molar-refractivity contribution is 0.270. The number of rotatable bonds is 2. The van der Waals surface area contributed by atoms with Gasteiger partial charge in [-0.05, 0) is 23.1 Å². The normalized spacial score (nSPS) is 22.2. The zero-order chi connectivity index (χ0) is 11.4. The molecule has 1 N–H and O–H groups in total. The summed E-state index contributed by atoms with van der Waals surface area (Å²) in [4.78, 5) is 0. The van der Waals surface area contributed by atoms with Crippen LogP contribution in [0.5, 0.6) is 0 Å². The van der Waals surface area contributed by atoms with E-state index in [1.807, 2.05) is 48.6 Å². The van der Waals surface area contributed by atoms with Crippen LogP contribution in [0.2, 0.25) is 0 Å². The molecule has 0 spiro atoms.